The summed E-state index contributed by atoms with van der Waals surface area (Å²) < 4.78 is 20.6. The number of hydrogen-bond donors (Lipinski definition) is 1. The number of fused-ring (bicyclic) bond motifs is 1. The molecule has 3 rings (SSSR count). The topological polar surface area (TPSA) is 66.0 Å². The zero-order valence-electron chi connectivity index (χ0n) is 11.1. The standard InChI is InChI=1S/C14H17FN4O/c15-10-8-12(16)14-17-13(18-19(14)9-10)6-7-20-11-4-2-1-3-5-11/h1-5,10,12H,6-9,16H2. The summed E-state index contributed by atoms with van der Waals surface area (Å²) in [4.78, 5) is 4.38. The molecule has 0 fully saturated rings. The zero-order valence-corrected chi connectivity index (χ0v) is 11.1. The summed E-state index contributed by atoms with van der Waals surface area (Å²) in [5.74, 6) is 2.14. The van der Waals surface area contributed by atoms with E-state index in [1.165, 1.54) is 0 Å². The van der Waals surface area contributed by atoms with Gasteiger partial charge in [0, 0.05) is 12.8 Å². The molecular formula is C14H17FN4O. The molecule has 1 aliphatic rings. The van der Waals surface area contributed by atoms with Gasteiger partial charge in [0.1, 0.15) is 17.7 Å². The summed E-state index contributed by atoms with van der Waals surface area (Å²) in [6, 6.07) is 9.21. The van der Waals surface area contributed by atoms with Crippen LogP contribution in [0.2, 0.25) is 0 Å². The van der Waals surface area contributed by atoms with Gasteiger partial charge in [-0.1, -0.05) is 18.2 Å². The second kappa shape index (κ2) is 5.58. The molecular weight excluding hydrogens is 259 g/mol. The van der Waals surface area contributed by atoms with Crippen LogP contribution in [0.3, 0.4) is 0 Å². The lowest BCUT2D eigenvalue weighted by atomic mass is 10.1. The summed E-state index contributed by atoms with van der Waals surface area (Å²) in [5.41, 5.74) is 5.88. The van der Waals surface area contributed by atoms with E-state index in [1.807, 2.05) is 30.3 Å². The Morgan fingerprint density at radius 2 is 2.15 bits per heavy atom. The van der Waals surface area contributed by atoms with E-state index in [9.17, 15) is 4.39 Å². The van der Waals surface area contributed by atoms with Crippen molar-refractivity contribution in [1.82, 2.24) is 14.8 Å². The number of nitrogens with two attached hydrogens (primary N) is 1. The maximum atomic E-state index is 13.4. The van der Waals surface area contributed by atoms with Crippen LogP contribution in [0, 0.1) is 0 Å². The molecule has 1 aliphatic heterocycles. The van der Waals surface area contributed by atoms with Crippen LogP contribution in [0.5, 0.6) is 5.75 Å². The van der Waals surface area contributed by atoms with Crippen molar-refractivity contribution in [3.05, 3.63) is 42.0 Å². The summed E-state index contributed by atoms with van der Waals surface area (Å²) in [5, 5.41) is 4.29. The molecule has 2 heterocycles. The molecule has 0 saturated carbocycles. The van der Waals surface area contributed by atoms with Gasteiger partial charge in [-0.25, -0.2) is 14.1 Å². The number of halogens is 1. The van der Waals surface area contributed by atoms with Gasteiger partial charge < -0.3 is 10.5 Å². The Labute approximate surface area is 116 Å². The smallest absolute Gasteiger partial charge is 0.154 e. The van der Waals surface area contributed by atoms with Crippen LogP contribution in [0.25, 0.3) is 0 Å². The van der Waals surface area contributed by atoms with Crippen LogP contribution in [0.1, 0.15) is 24.1 Å². The molecule has 2 N–H and O–H groups in total. The Balaban J connectivity index is 1.60. The summed E-state index contributed by atoms with van der Waals surface area (Å²) in [6.07, 6.45) is -0.0374. The lowest BCUT2D eigenvalue weighted by molar-refractivity contribution is 0.219. The van der Waals surface area contributed by atoms with E-state index in [0.29, 0.717) is 31.1 Å². The average molecular weight is 276 g/mol. The van der Waals surface area contributed by atoms with Crippen molar-refractivity contribution >= 4 is 0 Å². The molecule has 5 nitrogen and oxygen atoms in total. The number of ether oxygens (including phenoxy) is 1. The minimum atomic E-state index is -0.937. The summed E-state index contributed by atoms with van der Waals surface area (Å²) >= 11 is 0. The maximum Gasteiger partial charge on any atom is 0.154 e. The minimum Gasteiger partial charge on any atom is -0.493 e. The van der Waals surface area contributed by atoms with Gasteiger partial charge in [-0.15, -0.1) is 0 Å². The highest BCUT2D eigenvalue weighted by atomic mass is 19.1. The lowest BCUT2D eigenvalue weighted by Gasteiger charge is -2.21. The van der Waals surface area contributed by atoms with Crippen LogP contribution in [0.4, 0.5) is 4.39 Å². The normalized spacial score (nSPS) is 21.5. The number of para-hydroxylation sites is 1. The van der Waals surface area contributed by atoms with Crippen molar-refractivity contribution in [2.45, 2.75) is 31.6 Å². The molecule has 0 aliphatic carbocycles. The van der Waals surface area contributed by atoms with Crippen molar-refractivity contribution < 1.29 is 9.13 Å². The van der Waals surface area contributed by atoms with Gasteiger partial charge in [-0.05, 0) is 12.1 Å². The summed E-state index contributed by atoms with van der Waals surface area (Å²) in [7, 11) is 0. The second-order valence-corrected chi connectivity index (χ2v) is 4.92. The first-order valence-corrected chi connectivity index (χ1v) is 6.73. The number of nitrogens with zero attached hydrogens (tertiary/aromatic N) is 3. The third-order valence-electron chi connectivity index (χ3n) is 3.29. The fraction of sp³-hybridized carbons (Fsp3) is 0.429. The first-order valence-electron chi connectivity index (χ1n) is 6.73. The molecule has 2 atom stereocenters. The van der Waals surface area contributed by atoms with E-state index in [-0.39, 0.29) is 12.6 Å². The van der Waals surface area contributed by atoms with Crippen molar-refractivity contribution in [1.29, 1.82) is 0 Å². The molecule has 20 heavy (non-hydrogen) atoms. The first-order chi connectivity index (χ1) is 9.72. The van der Waals surface area contributed by atoms with Gasteiger partial charge in [0.15, 0.2) is 5.82 Å². The van der Waals surface area contributed by atoms with Gasteiger partial charge in [0.2, 0.25) is 0 Å². The largest absolute Gasteiger partial charge is 0.493 e. The predicted molar refractivity (Wildman–Crippen MR) is 72.1 cm³/mol. The van der Waals surface area contributed by atoms with E-state index in [1.54, 1.807) is 4.68 Å². The van der Waals surface area contributed by atoms with E-state index in [0.717, 1.165) is 5.75 Å². The van der Waals surface area contributed by atoms with E-state index in [4.69, 9.17) is 10.5 Å². The molecule has 2 unspecified atom stereocenters. The Kier molecular flexibility index (Phi) is 3.64. The monoisotopic (exact) mass is 276 g/mol. The first kappa shape index (κ1) is 13.1. The van der Waals surface area contributed by atoms with Gasteiger partial charge in [0.05, 0.1) is 19.2 Å². The molecule has 0 bridgehead atoms. The summed E-state index contributed by atoms with van der Waals surface area (Å²) in [6.45, 7) is 0.733. The van der Waals surface area contributed by atoms with Gasteiger partial charge in [-0.3, -0.25) is 0 Å². The second-order valence-electron chi connectivity index (χ2n) is 4.92. The van der Waals surface area contributed by atoms with Gasteiger partial charge in [-0.2, -0.15) is 5.10 Å². The van der Waals surface area contributed by atoms with Crippen molar-refractivity contribution in [3.8, 4) is 5.75 Å². The molecule has 0 spiro atoms. The number of rotatable bonds is 4. The SMILES string of the molecule is NC1CC(F)Cn2nc(CCOc3ccccc3)nc21. The molecule has 0 saturated heterocycles. The Bertz CT molecular complexity index is 572. The molecule has 0 amide bonds. The Morgan fingerprint density at radius 1 is 1.35 bits per heavy atom. The van der Waals surface area contributed by atoms with Gasteiger partial charge in [0.25, 0.3) is 0 Å². The quantitative estimate of drug-likeness (QED) is 0.922. The Hall–Kier alpha value is -1.95. The number of alkyl halides is 1. The van der Waals surface area contributed by atoms with Crippen molar-refractivity contribution in [3.63, 3.8) is 0 Å². The number of benzene rings is 1. The molecule has 6 heteroatoms. The third kappa shape index (κ3) is 2.80. The number of hydrogen-bond acceptors (Lipinski definition) is 4. The highest BCUT2D eigenvalue weighted by molar-refractivity contribution is 5.20. The predicted octanol–water partition coefficient (Wildman–Crippen LogP) is 1.64. The fourth-order valence-electron chi connectivity index (χ4n) is 2.34. The van der Waals surface area contributed by atoms with E-state index < -0.39 is 6.17 Å². The van der Waals surface area contributed by atoms with Gasteiger partial charge >= 0.3 is 0 Å². The maximum absolute atomic E-state index is 13.4. The van der Waals surface area contributed by atoms with Crippen molar-refractivity contribution in [2.75, 3.05) is 6.61 Å². The zero-order chi connectivity index (χ0) is 13.9. The molecule has 0 radical (unpaired) electrons. The van der Waals surface area contributed by atoms with E-state index in [2.05, 4.69) is 10.1 Å². The molecule has 106 valence electrons. The van der Waals surface area contributed by atoms with E-state index >= 15 is 0 Å². The van der Waals surface area contributed by atoms with Crippen LogP contribution < -0.4 is 10.5 Å². The highest BCUT2D eigenvalue weighted by Crippen LogP contribution is 2.23. The molecule has 1 aromatic carbocycles. The average Bonchev–Trinajstić information content (AvgIpc) is 2.83. The Morgan fingerprint density at radius 3 is 2.95 bits per heavy atom. The van der Waals surface area contributed by atoms with Crippen LogP contribution in [-0.2, 0) is 13.0 Å². The number of aromatic nitrogens is 3. The molecule has 2 aromatic rings. The van der Waals surface area contributed by atoms with Crippen LogP contribution >= 0.6 is 0 Å². The van der Waals surface area contributed by atoms with Crippen molar-refractivity contribution in [2.24, 2.45) is 5.73 Å². The third-order valence-corrected chi connectivity index (χ3v) is 3.29. The molecule has 1 aromatic heterocycles. The minimum absolute atomic E-state index is 0.246. The lowest BCUT2D eigenvalue weighted by Crippen LogP contribution is -2.30. The van der Waals surface area contributed by atoms with Crippen LogP contribution in [0.15, 0.2) is 30.3 Å². The highest BCUT2D eigenvalue weighted by Gasteiger charge is 2.27. The fourth-order valence-corrected chi connectivity index (χ4v) is 2.34. The van der Waals surface area contributed by atoms with Crippen LogP contribution in [-0.4, -0.2) is 27.5 Å².